The minimum Gasteiger partial charge on any atom is -0.396 e. The summed E-state index contributed by atoms with van der Waals surface area (Å²) in [6.45, 7) is 2.21. The number of aliphatic hydroxyl groups excluding tert-OH is 1. The average molecular weight is 174 g/mol. The van der Waals surface area contributed by atoms with Gasteiger partial charge in [-0.3, -0.25) is 4.79 Å². The van der Waals surface area contributed by atoms with Crippen LogP contribution in [0.15, 0.2) is 0 Å². The van der Waals surface area contributed by atoms with Gasteiger partial charge in [-0.2, -0.15) is 11.8 Å². The van der Waals surface area contributed by atoms with Gasteiger partial charge in [-0.25, -0.2) is 0 Å². The first-order valence-electron chi connectivity index (χ1n) is 4.01. The molecule has 2 atom stereocenters. The van der Waals surface area contributed by atoms with Crippen molar-refractivity contribution in [2.75, 3.05) is 12.4 Å². The molecule has 0 radical (unpaired) electrons. The second-order valence-electron chi connectivity index (χ2n) is 2.93. The van der Waals surface area contributed by atoms with Crippen LogP contribution in [0.3, 0.4) is 0 Å². The molecule has 1 aliphatic rings. The van der Waals surface area contributed by atoms with Crippen LogP contribution >= 0.6 is 11.8 Å². The quantitative estimate of drug-likeness (QED) is 0.695. The fraction of sp³-hybridized carbons (Fsp3) is 0.875. The topological polar surface area (TPSA) is 37.3 Å². The van der Waals surface area contributed by atoms with Gasteiger partial charge in [0.2, 0.25) is 0 Å². The van der Waals surface area contributed by atoms with Crippen molar-refractivity contribution in [2.45, 2.75) is 25.0 Å². The number of ketones is 1. The van der Waals surface area contributed by atoms with Crippen LogP contribution < -0.4 is 0 Å². The Morgan fingerprint density at radius 3 is 2.91 bits per heavy atom. The van der Waals surface area contributed by atoms with E-state index in [-0.39, 0.29) is 12.5 Å². The molecule has 1 aliphatic carbocycles. The maximum atomic E-state index is 11.1. The van der Waals surface area contributed by atoms with E-state index in [0.29, 0.717) is 11.0 Å². The molecule has 0 amide bonds. The van der Waals surface area contributed by atoms with E-state index >= 15 is 0 Å². The fourth-order valence-electron chi connectivity index (χ4n) is 1.40. The van der Waals surface area contributed by atoms with Gasteiger partial charge in [0.15, 0.2) is 0 Å². The fourth-order valence-corrected chi connectivity index (χ4v) is 2.53. The van der Waals surface area contributed by atoms with Gasteiger partial charge in [0.1, 0.15) is 5.78 Å². The largest absolute Gasteiger partial charge is 0.396 e. The molecule has 1 saturated carbocycles. The van der Waals surface area contributed by atoms with Gasteiger partial charge >= 0.3 is 0 Å². The van der Waals surface area contributed by atoms with E-state index in [9.17, 15) is 4.79 Å². The second-order valence-corrected chi connectivity index (χ2v) is 4.27. The number of rotatable bonds is 3. The van der Waals surface area contributed by atoms with Crippen molar-refractivity contribution in [2.24, 2.45) is 5.92 Å². The molecule has 11 heavy (non-hydrogen) atoms. The lowest BCUT2D eigenvalue weighted by Gasteiger charge is -2.11. The van der Waals surface area contributed by atoms with E-state index in [4.69, 9.17) is 5.11 Å². The van der Waals surface area contributed by atoms with E-state index in [1.54, 1.807) is 11.8 Å². The summed E-state index contributed by atoms with van der Waals surface area (Å²) in [5, 5.41) is 9.04. The smallest absolute Gasteiger partial charge is 0.136 e. The first kappa shape index (κ1) is 9.07. The predicted octanol–water partition coefficient (Wildman–Crippen LogP) is 1.08. The Bertz CT molecular complexity index is 147. The zero-order valence-electron chi connectivity index (χ0n) is 6.75. The molecule has 2 nitrogen and oxygen atoms in total. The molecule has 0 heterocycles. The third-order valence-electron chi connectivity index (χ3n) is 2.16. The SMILES string of the molecule is CC1C(=O)CCC1SCCO. The van der Waals surface area contributed by atoms with Crippen LogP contribution in [-0.2, 0) is 4.79 Å². The highest BCUT2D eigenvalue weighted by Crippen LogP contribution is 2.31. The van der Waals surface area contributed by atoms with E-state index in [1.807, 2.05) is 6.92 Å². The number of aliphatic hydroxyl groups is 1. The van der Waals surface area contributed by atoms with Gasteiger partial charge < -0.3 is 5.11 Å². The molecular formula is C8H14O2S. The van der Waals surface area contributed by atoms with Crippen molar-refractivity contribution in [1.29, 1.82) is 0 Å². The summed E-state index contributed by atoms with van der Waals surface area (Å²) in [5.74, 6) is 1.37. The Hall–Kier alpha value is -0.0200. The second kappa shape index (κ2) is 4.12. The minimum atomic E-state index is 0.214. The van der Waals surface area contributed by atoms with Crippen LogP contribution in [0.4, 0.5) is 0 Å². The normalized spacial score (nSPS) is 31.3. The molecule has 0 aromatic carbocycles. The molecular weight excluding hydrogens is 160 g/mol. The first-order valence-corrected chi connectivity index (χ1v) is 5.05. The summed E-state index contributed by atoms with van der Waals surface area (Å²) < 4.78 is 0. The molecule has 0 aromatic rings. The highest BCUT2D eigenvalue weighted by molar-refractivity contribution is 7.99. The van der Waals surface area contributed by atoms with Gasteiger partial charge in [0.25, 0.3) is 0 Å². The van der Waals surface area contributed by atoms with E-state index < -0.39 is 0 Å². The Balaban J connectivity index is 2.30. The summed E-state index contributed by atoms with van der Waals surface area (Å²) in [6, 6.07) is 0. The Labute approximate surface area is 71.4 Å². The zero-order chi connectivity index (χ0) is 8.27. The minimum absolute atomic E-state index is 0.214. The van der Waals surface area contributed by atoms with Crippen molar-refractivity contribution < 1.29 is 9.90 Å². The Kier molecular flexibility index (Phi) is 3.40. The highest BCUT2D eigenvalue weighted by atomic mass is 32.2. The standard InChI is InChI=1S/C8H14O2S/c1-6-7(10)2-3-8(6)11-5-4-9/h6,8-9H,2-5H2,1H3. The van der Waals surface area contributed by atoms with Gasteiger partial charge in [-0.05, 0) is 6.42 Å². The van der Waals surface area contributed by atoms with Gasteiger partial charge in [-0.1, -0.05) is 6.92 Å². The monoisotopic (exact) mass is 174 g/mol. The van der Waals surface area contributed by atoms with E-state index in [2.05, 4.69) is 0 Å². The van der Waals surface area contributed by atoms with Crippen LogP contribution in [0.1, 0.15) is 19.8 Å². The molecule has 1 rings (SSSR count). The summed E-state index contributed by atoms with van der Waals surface area (Å²) in [5.41, 5.74) is 0. The van der Waals surface area contributed by atoms with Crippen LogP contribution in [0.25, 0.3) is 0 Å². The van der Waals surface area contributed by atoms with Crippen molar-refractivity contribution in [3.05, 3.63) is 0 Å². The molecule has 0 bridgehead atoms. The number of Topliss-reactive ketones (excluding diaryl/α,β-unsaturated/α-hetero) is 1. The lowest BCUT2D eigenvalue weighted by Crippen LogP contribution is -2.13. The molecule has 64 valence electrons. The highest BCUT2D eigenvalue weighted by Gasteiger charge is 2.30. The van der Waals surface area contributed by atoms with Gasteiger partial charge in [0.05, 0.1) is 6.61 Å². The van der Waals surface area contributed by atoms with E-state index in [0.717, 1.165) is 18.6 Å². The summed E-state index contributed by atoms with van der Waals surface area (Å²) in [7, 11) is 0. The molecule has 1 N–H and O–H groups in total. The average Bonchev–Trinajstić information content (AvgIpc) is 2.31. The molecule has 1 fully saturated rings. The maximum Gasteiger partial charge on any atom is 0.136 e. The van der Waals surface area contributed by atoms with Crippen LogP contribution in [0.5, 0.6) is 0 Å². The lowest BCUT2D eigenvalue weighted by atomic mass is 10.1. The Morgan fingerprint density at radius 2 is 2.45 bits per heavy atom. The molecule has 0 aromatic heterocycles. The van der Waals surface area contributed by atoms with Gasteiger partial charge in [-0.15, -0.1) is 0 Å². The number of hydrogen-bond donors (Lipinski definition) is 1. The third kappa shape index (κ3) is 2.20. The predicted molar refractivity (Wildman–Crippen MR) is 46.7 cm³/mol. The molecule has 0 spiro atoms. The van der Waals surface area contributed by atoms with Crippen molar-refractivity contribution >= 4 is 17.5 Å². The van der Waals surface area contributed by atoms with Crippen LogP contribution in [-0.4, -0.2) is 28.5 Å². The molecule has 0 saturated heterocycles. The summed E-state index contributed by atoms with van der Waals surface area (Å²) in [6.07, 6.45) is 1.74. The van der Waals surface area contributed by atoms with Crippen molar-refractivity contribution in [1.82, 2.24) is 0 Å². The van der Waals surface area contributed by atoms with Crippen LogP contribution in [0, 0.1) is 5.92 Å². The molecule has 0 aliphatic heterocycles. The summed E-state index contributed by atoms with van der Waals surface area (Å²) in [4.78, 5) is 11.1. The number of hydrogen-bond acceptors (Lipinski definition) is 3. The third-order valence-corrected chi connectivity index (χ3v) is 3.65. The van der Waals surface area contributed by atoms with Crippen molar-refractivity contribution in [3.8, 4) is 0 Å². The lowest BCUT2D eigenvalue weighted by molar-refractivity contribution is -0.120. The Morgan fingerprint density at radius 1 is 1.73 bits per heavy atom. The van der Waals surface area contributed by atoms with Gasteiger partial charge in [0, 0.05) is 23.3 Å². The number of carbonyl (C=O) groups is 1. The number of carbonyl (C=O) groups excluding carboxylic acids is 1. The first-order chi connectivity index (χ1) is 5.25. The summed E-state index contributed by atoms with van der Waals surface area (Å²) >= 11 is 1.73. The molecule has 3 heteroatoms. The number of thioether (sulfide) groups is 1. The zero-order valence-corrected chi connectivity index (χ0v) is 7.56. The van der Waals surface area contributed by atoms with E-state index in [1.165, 1.54) is 0 Å². The van der Waals surface area contributed by atoms with Crippen LogP contribution in [0.2, 0.25) is 0 Å². The maximum absolute atomic E-state index is 11.1. The van der Waals surface area contributed by atoms with Crippen molar-refractivity contribution in [3.63, 3.8) is 0 Å². The molecule has 2 unspecified atom stereocenters.